The Kier molecular flexibility index (Phi) is 2.31. The van der Waals surface area contributed by atoms with Gasteiger partial charge in [-0.15, -0.1) is 0 Å². The molecule has 0 aromatic rings. The lowest BCUT2D eigenvalue weighted by Gasteiger charge is -1.97. The lowest BCUT2D eigenvalue weighted by Crippen LogP contribution is -2.12. The first-order valence-corrected chi connectivity index (χ1v) is 2.10. The molecule has 0 aromatic carbocycles. The minimum atomic E-state index is -3.27. The van der Waals surface area contributed by atoms with Gasteiger partial charge in [-0.2, -0.15) is 8.78 Å². The summed E-state index contributed by atoms with van der Waals surface area (Å²) in [5.74, 6) is -3.27. The minimum absolute atomic E-state index is 0.396. The van der Waals surface area contributed by atoms with E-state index in [4.69, 9.17) is 0 Å². The summed E-state index contributed by atoms with van der Waals surface area (Å²) in [7, 11) is 0. The number of hydrogen-bond donors (Lipinski definition) is 0. The van der Waals surface area contributed by atoms with Crippen LogP contribution in [0.25, 0.3) is 0 Å². The third-order valence-electron chi connectivity index (χ3n) is 0.546. The molecule has 0 rings (SSSR count). The number of aldehydes is 1. The molecule has 1 nitrogen and oxygen atoms in total. The number of rotatable bonds is 2. The van der Waals surface area contributed by atoms with Crippen LogP contribution in [-0.2, 0) is 4.79 Å². The van der Waals surface area contributed by atoms with Crippen molar-refractivity contribution in [3.05, 3.63) is 12.2 Å². The van der Waals surface area contributed by atoms with Crippen LogP contribution in [-0.4, -0.2) is 12.2 Å². The monoisotopic (exact) mass is 120 g/mol. The highest BCUT2D eigenvalue weighted by Gasteiger charge is 2.21. The van der Waals surface area contributed by atoms with Gasteiger partial charge in [0.25, 0.3) is 0 Å². The molecule has 0 aliphatic rings. The zero-order valence-electron chi connectivity index (χ0n) is 4.40. The topological polar surface area (TPSA) is 17.1 Å². The highest BCUT2D eigenvalue weighted by molar-refractivity contribution is 5.62. The summed E-state index contributed by atoms with van der Waals surface area (Å²) in [5.41, 5.74) is 0. The minimum Gasteiger partial charge on any atom is -0.296 e. The van der Waals surface area contributed by atoms with Gasteiger partial charge < -0.3 is 0 Å². The molecule has 0 aliphatic heterocycles. The highest BCUT2D eigenvalue weighted by Crippen LogP contribution is 2.09. The average Bonchev–Trinajstić information content (AvgIpc) is 1.67. The van der Waals surface area contributed by atoms with Crippen LogP contribution in [0.15, 0.2) is 12.2 Å². The lowest BCUT2D eigenvalue weighted by molar-refractivity contribution is -0.123. The van der Waals surface area contributed by atoms with E-state index in [1.807, 2.05) is 0 Å². The zero-order chi connectivity index (χ0) is 6.62. The molecule has 0 unspecified atom stereocenters. The molecule has 0 aromatic heterocycles. The van der Waals surface area contributed by atoms with Gasteiger partial charge in [0.05, 0.1) is 0 Å². The predicted molar refractivity (Wildman–Crippen MR) is 25.8 cm³/mol. The second-order valence-corrected chi connectivity index (χ2v) is 1.29. The number of halogens is 2. The number of hydrogen-bond acceptors (Lipinski definition) is 1. The van der Waals surface area contributed by atoms with Crippen LogP contribution >= 0.6 is 0 Å². The first kappa shape index (κ1) is 7.27. The Balaban J connectivity index is 3.90. The van der Waals surface area contributed by atoms with E-state index in [2.05, 4.69) is 0 Å². The van der Waals surface area contributed by atoms with Gasteiger partial charge in [0, 0.05) is 0 Å². The number of carbonyl (C=O) groups is 1. The Labute approximate surface area is 46.0 Å². The number of carbonyl (C=O) groups excluding carboxylic acids is 1. The van der Waals surface area contributed by atoms with Gasteiger partial charge in [0.2, 0.25) is 0 Å². The van der Waals surface area contributed by atoms with E-state index in [0.717, 1.165) is 6.08 Å². The molecule has 0 radical (unpaired) electrons. The maximum absolute atomic E-state index is 11.7. The van der Waals surface area contributed by atoms with Crippen molar-refractivity contribution in [3.63, 3.8) is 0 Å². The van der Waals surface area contributed by atoms with Gasteiger partial charge in [-0.25, -0.2) is 0 Å². The van der Waals surface area contributed by atoms with Gasteiger partial charge in [-0.3, -0.25) is 4.79 Å². The first-order valence-electron chi connectivity index (χ1n) is 2.10. The van der Waals surface area contributed by atoms with E-state index in [0.29, 0.717) is 6.08 Å². The SMILES string of the molecule is CC=CC(F)(F)C=O. The van der Waals surface area contributed by atoms with Crippen LogP contribution in [0.4, 0.5) is 8.78 Å². The third-order valence-corrected chi connectivity index (χ3v) is 0.546. The van der Waals surface area contributed by atoms with Gasteiger partial charge in [-0.05, 0) is 13.0 Å². The molecular weight excluding hydrogens is 114 g/mol. The smallest absolute Gasteiger partial charge is 0.296 e. The van der Waals surface area contributed by atoms with E-state index < -0.39 is 12.2 Å². The van der Waals surface area contributed by atoms with Crippen LogP contribution in [0.5, 0.6) is 0 Å². The molecule has 0 aliphatic carbocycles. The Morgan fingerprint density at radius 2 is 2.00 bits per heavy atom. The van der Waals surface area contributed by atoms with E-state index >= 15 is 0 Å². The molecule has 0 atom stereocenters. The van der Waals surface area contributed by atoms with Crippen molar-refractivity contribution < 1.29 is 13.6 Å². The second-order valence-electron chi connectivity index (χ2n) is 1.29. The second kappa shape index (κ2) is 2.55. The van der Waals surface area contributed by atoms with E-state index in [9.17, 15) is 13.6 Å². The quantitative estimate of drug-likeness (QED) is 0.397. The van der Waals surface area contributed by atoms with Crippen molar-refractivity contribution >= 4 is 6.29 Å². The van der Waals surface area contributed by atoms with E-state index in [1.165, 1.54) is 6.92 Å². The molecule has 0 saturated carbocycles. The molecule has 46 valence electrons. The summed E-state index contributed by atoms with van der Waals surface area (Å²) in [5, 5.41) is 0. The highest BCUT2D eigenvalue weighted by atomic mass is 19.3. The number of allylic oxidation sites excluding steroid dienone is 2. The summed E-state index contributed by atoms with van der Waals surface area (Å²) >= 11 is 0. The maximum atomic E-state index is 11.7. The zero-order valence-corrected chi connectivity index (χ0v) is 4.40. The van der Waals surface area contributed by atoms with Crippen molar-refractivity contribution in [2.24, 2.45) is 0 Å². The number of alkyl halides is 2. The van der Waals surface area contributed by atoms with Gasteiger partial charge in [0.1, 0.15) is 0 Å². The fraction of sp³-hybridized carbons (Fsp3) is 0.400. The largest absolute Gasteiger partial charge is 0.320 e. The maximum Gasteiger partial charge on any atom is 0.320 e. The molecule has 3 heteroatoms. The van der Waals surface area contributed by atoms with Crippen LogP contribution in [0.2, 0.25) is 0 Å². The van der Waals surface area contributed by atoms with Gasteiger partial charge >= 0.3 is 5.92 Å². The molecule has 0 N–H and O–H groups in total. The van der Waals surface area contributed by atoms with Crippen LogP contribution in [0.3, 0.4) is 0 Å². The van der Waals surface area contributed by atoms with Crippen LogP contribution in [0, 0.1) is 0 Å². The molecule has 0 heterocycles. The standard InChI is InChI=1S/C5H6F2O/c1-2-3-5(6,7)4-8/h2-4H,1H3. The summed E-state index contributed by atoms with van der Waals surface area (Å²) in [6, 6.07) is 0. The van der Waals surface area contributed by atoms with Crippen molar-refractivity contribution in [1.82, 2.24) is 0 Å². The Bertz CT molecular complexity index is 107. The molecule has 0 fully saturated rings. The Hall–Kier alpha value is -0.730. The van der Waals surface area contributed by atoms with Crippen LogP contribution in [0.1, 0.15) is 6.92 Å². The summed E-state index contributed by atoms with van der Waals surface area (Å²) in [4.78, 5) is 9.42. The fourth-order valence-electron chi connectivity index (χ4n) is 0.261. The third kappa shape index (κ3) is 2.44. The normalized spacial score (nSPS) is 12.4. The Morgan fingerprint density at radius 1 is 1.50 bits per heavy atom. The molecular formula is C5H6F2O. The van der Waals surface area contributed by atoms with Crippen molar-refractivity contribution in [3.8, 4) is 0 Å². The summed E-state index contributed by atoms with van der Waals surface area (Å²) < 4.78 is 23.4. The predicted octanol–water partition coefficient (Wildman–Crippen LogP) is 1.40. The van der Waals surface area contributed by atoms with Gasteiger partial charge in [-0.1, -0.05) is 6.08 Å². The van der Waals surface area contributed by atoms with E-state index in [1.54, 1.807) is 0 Å². The van der Waals surface area contributed by atoms with E-state index in [-0.39, 0.29) is 0 Å². The van der Waals surface area contributed by atoms with Gasteiger partial charge in [0.15, 0.2) is 6.29 Å². The lowest BCUT2D eigenvalue weighted by atomic mass is 10.3. The summed E-state index contributed by atoms with van der Waals surface area (Å²) in [6.45, 7) is 1.43. The Morgan fingerprint density at radius 3 is 2.12 bits per heavy atom. The van der Waals surface area contributed by atoms with Crippen molar-refractivity contribution in [2.45, 2.75) is 12.8 Å². The molecule has 0 amide bonds. The van der Waals surface area contributed by atoms with Crippen molar-refractivity contribution in [1.29, 1.82) is 0 Å². The molecule has 8 heavy (non-hydrogen) atoms. The molecule has 0 bridgehead atoms. The first-order chi connectivity index (χ1) is 3.62. The fourth-order valence-corrected chi connectivity index (χ4v) is 0.261. The average molecular weight is 120 g/mol. The molecule has 0 saturated heterocycles. The summed E-state index contributed by atoms with van der Waals surface area (Å²) in [6.07, 6.45) is 1.28. The van der Waals surface area contributed by atoms with Crippen LogP contribution < -0.4 is 0 Å². The van der Waals surface area contributed by atoms with Crippen molar-refractivity contribution in [2.75, 3.05) is 0 Å². The molecule has 0 spiro atoms.